The van der Waals surface area contributed by atoms with Crippen molar-refractivity contribution in [2.24, 2.45) is 0 Å². The van der Waals surface area contributed by atoms with Gasteiger partial charge in [-0.05, 0) is 60.5 Å². The quantitative estimate of drug-likeness (QED) is 0.555. The van der Waals surface area contributed by atoms with E-state index in [1.54, 1.807) is 51.2 Å². The third kappa shape index (κ3) is 3.68. The van der Waals surface area contributed by atoms with Crippen LogP contribution in [0.3, 0.4) is 0 Å². The molecule has 2 aromatic heterocycles. The molecule has 0 fully saturated rings. The van der Waals surface area contributed by atoms with E-state index in [0.29, 0.717) is 20.7 Å². The smallest absolute Gasteiger partial charge is 0.423 e. The lowest BCUT2D eigenvalue weighted by Crippen LogP contribution is -2.34. The number of carbonyl (C=O) groups excluding carboxylic acids is 1. The van der Waals surface area contributed by atoms with Gasteiger partial charge in [-0.1, -0.05) is 23.7 Å². The van der Waals surface area contributed by atoms with E-state index in [1.165, 1.54) is 4.57 Å². The van der Waals surface area contributed by atoms with Crippen LogP contribution in [-0.2, 0) is 11.3 Å². The van der Waals surface area contributed by atoms with Crippen LogP contribution in [0.15, 0.2) is 45.9 Å². The molecule has 8 heteroatoms. The second-order valence-electron chi connectivity index (χ2n) is 6.79. The van der Waals surface area contributed by atoms with Crippen LogP contribution >= 0.6 is 27.5 Å². The molecule has 0 radical (unpaired) electrons. The fraction of sp³-hybridized carbons (Fsp3) is 0.278. The van der Waals surface area contributed by atoms with Gasteiger partial charge in [-0.15, -0.1) is 0 Å². The number of hydrogen-bond acceptors (Lipinski definition) is 4. The van der Waals surface area contributed by atoms with Crippen LogP contribution in [0.25, 0.3) is 11.0 Å². The summed E-state index contributed by atoms with van der Waals surface area (Å²) in [7, 11) is 0. The fourth-order valence-electron chi connectivity index (χ4n) is 2.57. The third-order valence-corrected chi connectivity index (χ3v) is 4.75. The Hall–Kier alpha value is -2.12. The average molecular weight is 439 g/mol. The molecule has 2 heterocycles. The van der Waals surface area contributed by atoms with E-state index in [0.717, 1.165) is 10.1 Å². The molecule has 0 aliphatic rings. The van der Waals surface area contributed by atoms with Crippen molar-refractivity contribution in [1.29, 1.82) is 0 Å². The Morgan fingerprint density at radius 2 is 1.92 bits per heavy atom. The number of aromatic nitrogens is 3. The maximum absolute atomic E-state index is 12.9. The highest BCUT2D eigenvalue weighted by molar-refractivity contribution is 9.10. The molecule has 0 saturated carbocycles. The molecule has 3 aromatic rings. The standard InChI is InChI=1S/C18H17BrClN3O3/c1-18(2,3)26-17(25)23-14-7-5-4-6-13(14)22(16(23)24)10-11-8-12(20)15(19)21-9-11/h4-9H,10H2,1-3H3. The normalized spacial score (nSPS) is 11.7. The van der Waals surface area contributed by atoms with Crippen LogP contribution in [0.4, 0.5) is 4.79 Å². The molecule has 0 amide bonds. The largest absolute Gasteiger partial charge is 0.443 e. The molecular weight excluding hydrogens is 422 g/mol. The summed E-state index contributed by atoms with van der Waals surface area (Å²) in [5, 5.41) is 0.450. The zero-order valence-corrected chi connectivity index (χ0v) is 16.8. The third-order valence-electron chi connectivity index (χ3n) is 3.61. The van der Waals surface area contributed by atoms with Crippen LogP contribution in [-0.4, -0.2) is 25.8 Å². The van der Waals surface area contributed by atoms with Gasteiger partial charge in [-0.3, -0.25) is 4.57 Å². The SMILES string of the molecule is CC(C)(C)OC(=O)n1c(=O)n(Cc2cnc(Br)c(Cl)c2)c2ccccc21. The highest BCUT2D eigenvalue weighted by Crippen LogP contribution is 2.22. The molecule has 0 bridgehead atoms. The fourth-order valence-corrected chi connectivity index (χ4v) is 2.98. The number of halogens is 2. The first kappa shape index (κ1) is 18.7. The maximum atomic E-state index is 12.9. The van der Waals surface area contributed by atoms with Crippen molar-refractivity contribution in [1.82, 2.24) is 14.1 Å². The molecule has 136 valence electrons. The number of pyridine rings is 1. The molecule has 26 heavy (non-hydrogen) atoms. The number of para-hydroxylation sites is 2. The van der Waals surface area contributed by atoms with E-state index in [9.17, 15) is 9.59 Å². The molecule has 0 unspecified atom stereocenters. The van der Waals surface area contributed by atoms with Crippen molar-refractivity contribution >= 4 is 44.7 Å². The number of rotatable bonds is 2. The monoisotopic (exact) mass is 437 g/mol. The van der Waals surface area contributed by atoms with E-state index in [2.05, 4.69) is 20.9 Å². The lowest BCUT2D eigenvalue weighted by molar-refractivity contribution is 0.0537. The van der Waals surface area contributed by atoms with Crippen molar-refractivity contribution in [2.45, 2.75) is 32.9 Å². The molecule has 1 aromatic carbocycles. The van der Waals surface area contributed by atoms with E-state index < -0.39 is 17.4 Å². The topological polar surface area (TPSA) is 66.1 Å². The molecular formula is C18H17BrClN3O3. The second-order valence-corrected chi connectivity index (χ2v) is 7.95. The van der Waals surface area contributed by atoms with Crippen molar-refractivity contribution in [3.05, 3.63) is 62.2 Å². The minimum absolute atomic E-state index is 0.231. The van der Waals surface area contributed by atoms with Gasteiger partial charge in [-0.2, -0.15) is 4.57 Å². The zero-order chi connectivity index (χ0) is 19.1. The molecule has 0 N–H and O–H groups in total. The van der Waals surface area contributed by atoms with E-state index >= 15 is 0 Å². The van der Waals surface area contributed by atoms with Gasteiger partial charge in [0.2, 0.25) is 0 Å². The summed E-state index contributed by atoms with van der Waals surface area (Å²) in [6, 6.07) is 8.80. The Morgan fingerprint density at radius 3 is 2.54 bits per heavy atom. The number of fused-ring (bicyclic) bond motifs is 1. The van der Waals surface area contributed by atoms with Crippen LogP contribution in [0.2, 0.25) is 5.02 Å². The first-order valence-electron chi connectivity index (χ1n) is 7.91. The summed E-state index contributed by atoms with van der Waals surface area (Å²) in [5.41, 5.74) is 0.681. The van der Waals surface area contributed by atoms with Crippen molar-refractivity contribution in [3.8, 4) is 0 Å². The Bertz CT molecular complexity index is 1050. The first-order chi connectivity index (χ1) is 12.2. The molecule has 0 atom stereocenters. The molecule has 6 nitrogen and oxygen atoms in total. The lowest BCUT2D eigenvalue weighted by Gasteiger charge is -2.19. The number of imidazole rings is 1. The summed E-state index contributed by atoms with van der Waals surface area (Å²) < 4.78 is 8.47. The highest BCUT2D eigenvalue weighted by Gasteiger charge is 2.24. The number of carbonyl (C=O) groups is 1. The Kier molecular flexibility index (Phi) is 4.94. The van der Waals surface area contributed by atoms with Crippen molar-refractivity contribution < 1.29 is 9.53 Å². The number of ether oxygens (including phenoxy) is 1. The Morgan fingerprint density at radius 1 is 1.27 bits per heavy atom. The summed E-state index contributed by atoms with van der Waals surface area (Å²) in [6.07, 6.45) is 0.923. The van der Waals surface area contributed by atoms with Crippen molar-refractivity contribution in [2.75, 3.05) is 0 Å². The summed E-state index contributed by atoms with van der Waals surface area (Å²) in [4.78, 5) is 29.6. The van der Waals surface area contributed by atoms with Gasteiger partial charge < -0.3 is 4.74 Å². The van der Waals surface area contributed by atoms with Crippen LogP contribution < -0.4 is 5.69 Å². The predicted molar refractivity (Wildman–Crippen MR) is 104 cm³/mol. The van der Waals surface area contributed by atoms with Gasteiger partial charge in [0.25, 0.3) is 0 Å². The van der Waals surface area contributed by atoms with E-state index in [-0.39, 0.29) is 6.54 Å². The lowest BCUT2D eigenvalue weighted by atomic mass is 10.2. The Balaban J connectivity index is 2.12. The summed E-state index contributed by atoms with van der Waals surface area (Å²) >= 11 is 9.33. The number of hydrogen-bond donors (Lipinski definition) is 0. The predicted octanol–water partition coefficient (Wildman–Crippen LogP) is 4.45. The molecule has 3 rings (SSSR count). The second kappa shape index (κ2) is 6.89. The number of nitrogens with zero attached hydrogens (tertiary/aromatic N) is 3. The molecule has 0 aliphatic heterocycles. The molecule has 0 aliphatic carbocycles. The summed E-state index contributed by atoms with van der Waals surface area (Å²) in [5.74, 6) is 0. The van der Waals surface area contributed by atoms with Crippen LogP contribution in [0.1, 0.15) is 26.3 Å². The van der Waals surface area contributed by atoms with E-state index in [4.69, 9.17) is 16.3 Å². The average Bonchev–Trinajstić information content (AvgIpc) is 2.82. The van der Waals surface area contributed by atoms with Crippen LogP contribution in [0.5, 0.6) is 0 Å². The van der Waals surface area contributed by atoms with Gasteiger partial charge >= 0.3 is 11.8 Å². The zero-order valence-electron chi connectivity index (χ0n) is 14.5. The van der Waals surface area contributed by atoms with Crippen molar-refractivity contribution in [3.63, 3.8) is 0 Å². The number of benzene rings is 1. The minimum Gasteiger partial charge on any atom is -0.443 e. The van der Waals surface area contributed by atoms with E-state index in [1.807, 2.05) is 6.07 Å². The highest BCUT2D eigenvalue weighted by atomic mass is 79.9. The minimum atomic E-state index is -0.705. The van der Waals surface area contributed by atoms with Gasteiger partial charge in [0.05, 0.1) is 22.6 Å². The van der Waals surface area contributed by atoms with Crippen LogP contribution in [0, 0.1) is 0 Å². The van der Waals surface area contributed by atoms with Gasteiger partial charge in [0.1, 0.15) is 10.2 Å². The molecule has 0 spiro atoms. The molecule has 0 saturated heterocycles. The maximum Gasteiger partial charge on any atom is 0.423 e. The van der Waals surface area contributed by atoms with Gasteiger partial charge in [0, 0.05) is 6.20 Å². The van der Waals surface area contributed by atoms with Gasteiger partial charge in [-0.25, -0.2) is 14.6 Å². The Labute approximate surface area is 163 Å². The summed E-state index contributed by atoms with van der Waals surface area (Å²) in [6.45, 7) is 5.50. The first-order valence-corrected chi connectivity index (χ1v) is 9.08. The van der Waals surface area contributed by atoms with Gasteiger partial charge in [0.15, 0.2) is 0 Å².